The van der Waals surface area contributed by atoms with Gasteiger partial charge in [-0.25, -0.2) is 38.4 Å². The molecular formula is C69H98O16. The fourth-order valence-electron chi connectivity index (χ4n) is 21.0. The zero-order valence-electron chi connectivity index (χ0n) is 51.6. The van der Waals surface area contributed by atoms with Gasteiger partial charge >= 0.3 is 47.8 Å². The summed E-state index contributed by atoms with van der Waals surface area (Å²) < 4.78 is 42.9. The number of carbonyl (C=O) groups is 8. The lowest BCUT2D eigenvalue weighted by atomic mass is 9.47. The van der Waals surface area contributed by atoms with E-state index in [0.717, 1.165) is 90.9 Å². The summed E-state index contributed by atoms with van der Waals surface area (Å²) in [5, 5.41) is 0. The molecule has 16 aliphatic rings. The Hall–Kier alpha value is -5.28. The highest BCUT2D eigenvalue weighted by molar-refractivity contribution is 5.85. The van der Waals surface area contributed by atoms with Crippen LogP contribution in [0.4, 0.5) is 0 Å². The van der Waals surface area contributed by atoms with Crippen molar-refractivity contribution in [3.63, 3.8) is 0 Å². The fraction of sp³-hybridized carbons (Fsp3) is 0.768. The molecule has 0 amide bonds. The lowest BCUT2D eigenvalue weighted by Crippen LogP contribution is -2.62. The minimum absolute atomic E-state index is 0.293. The van der Waals surface area contributed by atoms with Crippen LogP contribution in [-0.4, -0.2) is 96.6 Å². The van der Waals surface area contributed by atoms with E-state index in [2.05, 4.69) is 60.9 Å². The molecular weight excluding hydrogens is 1080 g/mol. The van der Waals surface area contributed by atoms with Crippen molar-refractivity contribution in [2.45, 2.75) is 205 Å². The van der Waals surface area contributed by atoms with E-state index in [0.29, 0.717) is 53.3 Å². The van der Waals surface area contributed by atoms with Crippen LogP contribution in [0.2, 0.25) is 0 Å². The quantitative estimate of drug-likeness (QED) is 0.0630. The first-order valence-corrected chi connectivity index (χ1v) is 32.6. The van der Waals surface area contributed by atoms with Crippen LogP contribution in [0, 0.1) is 101 Å². The molecule has 16 saturated carbocycles. The van der Waals surface area contributed by atoms with Crippen molar-refractivity contribution in [1.82, 2.24) is 0 Å². The Labute approximate surface area is 504 Å². The van der Waals surface area contributed by atoms with Gasteiger partial charge in [0.25, 0.3) is 0 Å². The number of carbonyl (C=O) groups excluding carboxylic acids is 8. The number of ether oxygens (including phenoxy) is 8. The molecule has 0 unspecified atom stereocenters. The molecule has 85 heavy (non-hydrogen) atoms. The van der Waals surface area contributed by atoms with E-state index < -0.39 is 47.8 Å². The Morgan fingerprint density at radius 2 is 0.635 bits per heavy atom. The van der Waals surface area contributed by atoms with E-state index in [1.165, 1.54) is 128 Å². The minimum Gasteiger partial charge on any atom is -0.456 e. The summed E-state index contributed by atoms with van der Waals surface area (Å²) in [5.41, 5.74) is -1.33. The largest absolute Gasteiger partial charge is 0.456 e. The van der Waals surface area contributed by atoms with Crippen molar-refractivity contribution in [3.8, 4) is 0 Å². The van der Waals surface area contributed by atoms with Gasteiger partial charge in [-0.2, -0.15) is 0 Å². The second-order valence-corrected chi connectivity index (χ2v) is 28.6. The molecule has 0 aromatic heterocycles. The third-order valence-electron chi connectivity index (χ3n) is 23.5. The molecule has 0 radical (unpaired) electrons. The van der Waals surface area contributed by atoms with E-state index in [4.69, 9.17) is 37.9 Å². The van der Waals surface area contributed by atoms with Crippen molar-refractivity contribution in [1.29, 1.82) is 0 Å². The zero-order valence-corrected chi connectivity index (χ0v) is 51.6. The summed E-state index contributed by atoms with van der Waals surface area (Å²) in [6, 6.07) is 0. The lowest BCUT2D eigenvalue weighted by Gasteiger charge is -2.61. The van der Waals surface area contributed by atoms with Gasteiger partial charge in [0.15, 0.2) is 26.4 Å². The normalized spacial score (nSPS) is 39.6. The molecule has 16 aliphatic carbocycles. The molecule has 0 saturated heterocycles. The van der Waals surface area contributed by atoms with Crippen LogP contribution in [-0.2, 0) is 76.3 Å². The van der Waals surface area contributed by atoms with Crippen LogP contribution in [0.3, 0.4) is 0 Å². The third-order valence-corrected chi connectivity index (χ3v) is 23.5. The van der Waals surface area contributed by atoms with Gasteiger partial charge in [0.05, 0.1) is 0 Å². The van der Waals surface area contributed by atoms with Gasteiger partial charge in [0, 0.05) is 24.3 Å². The Kier molecular flexibility index (Phi) is 20.4. The van der Waals surface area contributed by atoms with Crippen LogP contribution >= 0.6 is 0 Å². The van der Waals surface area contributed by atoms with Crippen molar-refractivity contribution in [3.05, 3.63) is 50.6 Å². The Bertz CT molecular complexity index is 2410. The number of rotatable bonds is 20. The van der Waals surface area contributed by atoms with Gasteiger partial charge in [-0.3, -0.25) is 0 Å². The smallest absolute Gasteiger partial charge is 0.344 e. The molecule has 16 nitrogen and oxygen atoms in total. The molecule has 0 aromatic rings. The first-order valence-electron chi connectivity index (χ1n) is 32.6. The summed E-state index contributed by atoms with van der Waals surface area (Å²) in [5.74, 6) is 6.88. The molecule has 16 heteroatoms. The third kappa shape index (κ3) is 13.7. The zero-order chi connectivity index (χ0) is 61.0. The molecule has 0 aromatic carbocycles. The van der Waals surface area contributed by atoms with E-state index in [-0.39, 0.29) is 48.8 Å². The van der Waals surface area contributed by atoms with E-state index >= 15 is 0 Å². The SMILES string of the molecule is C=CC(=O)OCC(=O)OC1(C(C)C)C2CC3CC(C2)CC1C3.C=CC(=O)OCC(=O)OC1(C)C2CC3CC(C2)CC1C3.C=CC(=O)OCC(=O)OC1(CC)C2CC3CC(C2)CC1C3.C=CC(=O)OCC(=O)OC1(CCC)C2CC3CC(C2)CC1C3. The second kappa shape index (κ2) is 27.0. The summed E-state index contributed by atoms with van der Waals surface area (Å²) >= 11 is 0. The van der Waals surface area contributed by atoms with Crippen LogP contribution < -0.4 is 0 Å². The maximum atomic E-state index is 12.2. The summed E-state index contributed by atoms with van der Waals surface area (Å²) in [6.45, 7) is 22.7. The van der Waals surface area contributed by atoms with Crippen LogP contribution in [0.5, 0.6) is 0 Å². The van der Waals surface area contributed by atoms with E-state index in [9.17, 15) is 38.4 Å². The van der Waals surface area contributed by atoms with Crippen LogP contribution in [0.1, 0.15) is 182 Å². The molecule has 0 spiro atoms. The highest BCUT2D eigenvalue weighted by Gasteiger charge is 2.63. The molecule has 0 atom stereocenters. The first kappa shape index (κ1) is 64.2. The first-order chi connectivity index (χ1) is 40.6. The second-order valence-electron chi connectivity index (χ2n) is 28.6. The van der Waals surface area contributed by atoms with Gasteiger partial charge in [0.2, 0.25) is 0 Å². The van der Waals surface area contributed by atoms with Gasteiger partial charge < -0.3 is 37.9 Å². The summed E-state index contributed by atoms with van der Waals surface area (Å²) in [7, 11) is 0. The Balaban J connectivity index is 0.000000136. The maximum absolute atomic E-state index is 12.2. The monoisotopic (exact) mass is 1180 g/mol. The standard InChI is InChI=1S/2C18H26O4.C17H24O4.C16H22O4/c1-4-16(19)21-10-17(20)22-18(11(2)3)14-6-12-5-13(8-14)9-15(18)7-12;1-3-5-18(22-17(20)11-21-16(19)4-2)14-7-12-6-13(9-14)10-15(18)8-12;1-3-15(18)20-10-16(19)21-17(4-2)13-6-11-5-12(8-13)9-14(17)7-11;1-3-14(17)19-9-15(18)20-16(2)12-5-10-4-11(7-12)8-13(16)6-10/h4,11-15H,1,5-10H2,2-3H3;4,12-15H,2-3,5-11H2,1H3;3,11-14H,1,4-10H2,2H3;3,10-13H,1,4-9H2,2H3. The highest BCUT2D eigenvalue weighted by Crippen LogP contribution is 2.64. The predicted molar refractivity (Wildman–Crippen MR) is 314 cm³/mol. The maximum Gasteiger partial charge on any atom is 0.344 e. The van der Waals surface area contributed by atoms with Crippen molar-refractivity contribution in [2.24, 2.45) is 101 Å². The Morgan fingerprint density at radius 1 is 0.376 bits per heavy atom. The molecule has 0 heterocycles. The number of esters is 8. The molecule has 0 aliphatic heterocycles. The van der Waals surface area contributed by atoms with E-state index in [1.807, 2.05) is 0 Å². The predicted octanol–water partition coefficient (Wildman–Crippen LogP) is 11.7. The fourth-order valence-corrected chi connectivity index (χ4v) is 21.0. The minimum atomic E-state index is -0.586. The van der Waals surface area contributed by atoms with Gasteiger partial charge in [-0.05, 0) is 249 Å². The average molecular weight is 1180 g/mol. The summed E-state index contributed by atoms with van der Waals surface area (Å²) in [6.07, 6.45) is 31.6. The molecule has 16 bridgehead atoms. The van der Waals surface area contributed by atoms with Gasteiger partial charge in [-0.1, -0.05) is 60.4 Å². The van der Waals surface area contributed by atoms with Gasteiger partial charge in [-0.15, -0.1) is 0 Å². The molecule has 0 N–H and O–H groups in total. The van der Waals surface area contributed by atoms with E-state index in [1.54, 1.807) is 0 Å². The van der Waals surface area contributed by atoms with Crippen molar-refractivity contribution in [2.75, 3.05) is 26.4 Å². The highest BCUT2D eigenvalue weighted by atomic mass is 16.6. The van der Waals surface area contributed by atoms with Gasteiger partial charge in [0.1, 0.15) is 22.4 Å². The summed E-state index contributed by atoms with van der Waals surface area (Å²) in [4.78, 5) is 92.7. The average Bonchev–Trinajstić information content (AvgIpc) is 0.856. The Morgan fingerprint density at radius 3 is 0.918 bits per heavy atom. The van der Waals surface area contributed by atoms with Crippen molar-refractivity contribution < 1.29 is 76.3 Å². The molecule has 470 valence electrons. The molecule has 16 rings (SSSR count). The topological polar surface area (TPSA) is 210 Å². The number of hydrogen-bond donors (Lipinski definition) is 0. The number of hydrogen-bond acceptors (Lipinski definition) is 16. The van der Waals surface area contributed by atoms with Crippen LogP contribution in [0.15, 0.2) is 50.6 Å². The molecule has 16 fully saturated rings. The van der Waals surface area contributed by atoms with Crippen LogP contribution in [0.25, 0.3) is 0 Å². The lowest BCUT2D eigenvalue weighted by molar-refractivity contribution is -0.227. The van der Waals surface area contributed by atoms with Crippen molar-refractivity contribution >= 4 is 47.8 Å².